The van der Waals surface area contributed by atoms with E-state index in [1.165, 1.54) is 0 Å². The quantitative estimate of drug-likeness (QED) is 0.643. The Morgan fingerprint density at radius 3 is 3.00 bits per heavy atom. The molecule has 0 spiro atoms. The van der Waals surface area contributed by atoms with Crippen molar-refractivity contribution in [2.45, 2.75) is 51.2 Å². The molecule has 3 atom stereocenters. The first-order valence-corrected chi connectivity index (χ1v) is 11.3. The molecule has 0 bridgehead atoms. The second kappa shape index (κ2) is 6.38. The van der Waals surface area contributed by atoms with Crippen molar-refractivity contribution in [3.8, 4) is 16.5 Å². The van der Waals surface area contributed by atoms with Crippen molar-refractivity contribution in [3.63, 3.8) is 0 Å². The van der Waals surface area contributed by atoms with Crippen LogP contribution < -0.4 is 4.74 Å². The van der Waals surface area contributed by atoms with Crippen LogP contribution in [0, 0.1) is 12.8 Å². The summed E-state index contributed by atoms with van der Waals surface area (Å²) in [4.78, 5) is 25.0. The van der Waals surface area contributed by atoms with Crippen LogP contribution in [0.15, 0.2) is 36.3 Å². The number of carbonyl (C=O) groups excluding carboxylic acids is 1. The predicted molar refractivity (Wildman–Crippen MR) is 113 cm³/mol. The van der Waals surface area contributed by atoms with Crippen LogP contribution in [0.25, 0.3) is 16.1 Å². The van der Waals surface area contributed by atoms with Crippen molar-refractivity contribution in [2.24, 2.45) is 5.92 Å². The number of aryl methyl sites for hydroxylation is 1. The maximum absolute atomic E-state index is 12.7. The summed E-state index contributed by atoms with van der Waals surface area (Å²) >= 11 is 1.61. The van der Waals surface area contributed by atoms with Crippen LogP contribution >= 0.6 is 11.3 Å². The molecule has 2 aliphatic carbocycles. The topological polar surface area (TPSA) is 72.6 Å². The van der Waals surface area contributed by atoms with Crippen molar-refractivity contribution >= 4 is 22.8 Å². The number of carbonyl (C=O) groups is 1. The van der Waals surface area contributed by atoms with E-state index in [0.717, 1.165) is 58.9 Å². The summed E-state index contributed by atoms with van der Waals surface area (Å²) in [6, 6.07) is 2.20. The molecule has 2 fully saturated rings. The minimum absolute atomic E-state index is 0.231. The highest BCUT2D eigenvalue weighted by molar-refractivity contribution is 7.15. The molecule has 1 saturated heterocycles. The Hall–Kier alpha value is -2.74. The Morgan fingerprint density at radius 2 is 2.27 bits per heavy atom. The van der Waals surface area contributed by atoms with Gasteiger partial charge in [0, 0.05) is 36.7 Å². The largest absolute Gasteiger partial charge is 0.469 e. The second-order valence-corrected chi connectivity index (χ2v) is 9.92. The zero-order valence-electron chi connectivity index (χ0n) is 17.0. The van der Waals surface area contributed by atoms with Gasteiger partial charge in [0.25, 0.3) is 0 Å². The fourth-order valence-corrected chi connectivity index (χ4v) is 5.79. The molecule has 0 radical (unpaired) electrons. The average molecular weight is 422 g/mol. The molecule has 0 aromatic carbocycles. The van der Waals surface area contributed by atoms with E-state index in [0.29, 0.717) is 11.8 Å². The molecule has 1 saturated carbocycles. The first-order valence-electron chi connectivity index (χ1n) is 10.5. The molecule has 1 amide bonds. The summed E-state index contributed by atoms with van der Waals surface area (Å²) in [5.74, 6) is 1.17. The normalized spacial score (nSPS) is 27.4. The van der Waals surface area contributed by atoms with E-state index in [1.54, 1.807) is 17.5 Å². The van der Waals surface area contributed by atoms with Gasteiger partial charge in [0.15, 0.2) is 0 Å². The van der Waals surface area contributed by atoms with Gasteiger partial charge in [-0.3, -0.25) is 4.79 Å². The molecule has 3 aromatic rings. The molecule has 3 aliphatic rings. The van der Waals surface area contributed by atoms with E-state index in [2.05, 4.69) is 28.0 Å². The lowest BCUT2D eigenvalue weighted by Crippen LogP contribution is -2.61. The molecule has 30 heavy (non-hydrogen) atoms. The van der Waals surface area contributed by atoms with Gasteiger partial charge in [0.1, 0.15) is 16.8 Å². The molecular formula is C22H23N5O2S. The first-order chi connectivity index (χ1) is 14.5. The number of hydrogen-bond donors (Lipinski definition) is 0. The Morgan fingerprint density at radius 1 is 1.40 bits per heavy atom. The third-order valence-electron chi connectivity index (χ3n) is 6.84. The number of fused-ring (bicyclic) bond motifs is 2. The Labute approximate surface area is 178 Å². The Bertz CT molecular complexity index is 1200. The van der Waals surface area contributed by atoms with Crippen LogP contribution in [0.2, 0.25) is 0 Å². The lowest BCUT2D eigenvalue weighted by atomic mass is 9.66. The van der Waals surface area contributed by atoms with E-state index >= 15 is 0 Å². The van der Waals surface area contributed by atoms with E-state index in [1.807, 2.05) is 29.9 Å². The minimum atomic E-state index is -0.326. The van der Waals surface area contributed by atoms with Gasteiger partial charge in [-0.05, 0) is 39.2 Å². The number of likely N-dealkylation sites (tertiary alicyclic amines) is 1. The molecule has 7 nitrogen and oxygen atoms in total. The lowest BCUT2D eigenvalue weighted by molar-refractivity contribution is -0.138. The molecule has 4 heterocycles. The van der Waals surface area contributed by atoms with Crippen molar-refractivity contribution < 1.29 is 9.53 Å². The Balaban J connectivity index is 1.28. The minimum Gasteiger partial charge on any atom is -0.469 e. The molecular weight excluding hydrogens is 398 g/mol. The number of thiazole rings is 1. The van der Waals surface area contributed by atoms with Crippen LogP contribution in [-0.2, 0) is 4.79 Å². The molecule has 0 unspecified atom stereocenters. The molecule has 154 valence electrons. The van der Waals surface area contributed by atoms with Crippen LogP contribution in [0.3, 0.4) is 0 Å². The molecule has 6 rings (SSSR count). The predicted octanol–water partition coefficient (Wildman–Crippen LogP) is 3.64. The number of allylic oxidation sites excluding steroid dienone is 1. The van der Waals surface area contributed by atoms with E-state index in [9.17, 15) is 4.79 Å². The lowest BCUT2D eigenvalue weighted by Gasteiger charge is -2.51. The van der Waals surface area contributed by atoms with Crippen molar-refractivity contribution in [2.75, 3.05) is 6.54 Å². The number of nitrogens with zero attached hydrogens (tertiary/aromatic N) is 5. The number of rotatable bonds is 4. The zero-order chi connectivity index (χ0) is 20.5. The van der Waals surface area contributed by atoms with Gasteiger partial charge < -0.3 is 9.64 Å². The molecule has 8 heteroatoms. The Kier molecular flexibility index (Phi) is 3.84. The maximum atomic E-state index is 12.7. The summed E-state index contributed by atoms with van der Waals surface area (Å²) in [6.07, 6.45) is 11.4. The first kappa shape index (κ1) is 18.1. The van der Waals surface area contributed by atoms with Crippen LogP contribution in [0.1, 0.15) is 37.6 Å². The third-order valence-corrected chi connectivity index (χ3v) is 7.78. The van der Waals surface area contributed by atoms with Gasteiger partial charge >= 0.3 is 0 Å². The fourth-order valence-electron chi connectivity index (χ4n) is 5.05. The summed E-state index contributed by atoms with van der Waals surface area (Å²) in [7, 11) is 0. The fraction of sp³-hybridized carbons (Fsp3) is 0.455. The monoisotopic (exact) mass is 421 g/mol. The highest BCUT2D eigenvalue weighted by Crippen LogP contribution is 2.51. The summed E-state index contributed by atoms with van der Waals surface area (Å²) in [5.41, 5.74) is 2.33. The average Bonchev–Trinajstić information content (AvgIpc) is 3.38. The standard InChI is InChI=1S/C22H23N5O2S/c1-13-23-11-19(30-13)16-12-27-17(6-8-24-27)20(25-16)29-22(2)10-18-15(22)7-9-26(18)21(28)14-4-3-5-14/h4,6,8,11-12,15,18H,3,5,7,9-10H2,1-2H3/t15-,18-,22+/m0/s1. The van der Waals surface area contributed by atoms with Gasteiger partial charge in [0.05, 0.1) is 22.3 Å². The smallest absolute Gasteiger partial charge is 0.249 e. The molecule has 0 N–H and O–H groups in total. The number of ether oxygens (including phenoxy) is 1. The van der Waals surface area contributed by atoms with Gasteiger partial charge in [-0.2, -0.15) is 5.10 Å². The SMILES string of the molecule is Cc1ncc(-c2cn3nccc3c(O[C@]3(C)C[C@H]4[C@@H]3CCN4C(=O)C3=CCC3)n2)s1. The van der Waals surface area contributed by atoms with Gasteiger partial charge in [-0.25, -0.2) is 14.5 Å². The maximum Gasteiger partial charge on any atom is 0.249 e. The summed E-state index contributed by atoms with van der Waals surface area (Å²) < 4.78 is 8.40. The van der Waals surface area contributed by atoms with E-state index in [4.69, 9.17) is 9.72 Å². The molecule has 1 aliphatic heterocycles. The van der Waals surface area contributed by atoms with E-state index < -0.39 is 0 Å². The van der Waals surface area contributed by atoms with Gasteiger partial charge in [-0.15, -0.1) is 11.3 Å². The van der Waals surface area contributed by atoms with Crippen molar-refractivity contribution in [1.29, 1.82) is 0 Å². The third kappa shape index (κ3) is 2.62. The van der Waals surface area contributed by atoms with Crippen LogP contribution in [-0.4, -0.2) is 48.6 Å². The summed E-state index contributed by atoms with van der Waals surface area (Å²) in [6.45, 7) is 4.96. The van der Waals surface area contributed by atoms with Crippen molar-refractivity contribution in [3.05, 3.63) is 41.3 Å². The molecule has 3 aromatic heterocycles. The second-order valence-electron chi connectivity index (χ2n) is 8.68. The van der Waals surface area contributed by atoms with Crippen LogP contribution in [0.5, 0.6) is 5.88 Å². The number of aromatic nitrogens is 4. The van der Waals surface area contributed by atoms with Gasteiger partial charge in [-0.1, -0.05) is 6.08 Å². The van der Waals surface area contributed by atoms with E-state index in [-0.39, 0.29) is 17.6 Å². The zero-order valence-corrected chi connectivity index (χ0v) is 17.9. The summed E-state index contributed by atoms with van der Waals surface area (Å²) in [5, 5.41) is 5.41. The number of amides is 1. The van der Waals surface area contributed by atoms with Crippen molar-refractivity contribution in [1.82, 2.24) is 24.5 Å². The number of hydrogen-bond acceptors (Lipinski definition) is 6. The van der Waals surface area contributed by atoms with Crippen LogP contribution in [0.4, 0.5) is 0 Å². The highest BCUT2D eigenvalue weighted by atomic mass is 32.1. The highest BCUT2D eigenvalue weighted by Gasteiger charge is 2.59. The van der Waals surface area contributed by atoms with Gasteiger partial charge in [0.2, 0.25) is 11.8 Å².